The average molecular weight is 446 g/mol. The van der Waals surface area contributed by atoms with Crippen LogP contribution in [0.3, 0.4) is 0 Å². The van der Waals surface area contributed by atoms with Crippen molar-refractivity contribution in [2.24, 2.45) is 4.99 Å². The van der Waals surface area contributed by atoms with E-state index < -0.39 is 0 Å². The summed E-state index contributed by atoms with van der Waals surface area (Å²) in [5.41, 5.74) is 9.25. The smallest absolute Gasteiger partial charge is 0.264 e. The Balaban J connectivity index is 1.67. The van der Waals surface area contributed by atoms with Crippen molar-refractivity contribution < 1.29 is 4.79 Å². The van der Waals surface area contributed by atoms with E-state index in [1.54, 1.807) is 0 Å². The lowest BCUT2D eigenvalue weighted by atomic mass is 9.87. The van der Waals surface area contributed by atoms with Crippen LogP contribution in [0.15, 0.2) is 46.3 Å². The molecule has 1 fully saturated rings. The summed E-state index contributed by atoms with van der Waals surface area (Å²) in [4.78, 5) is 20.4. The SMILES string of the molecule is CCN1c2cc(C)c(/C=C3/SC(=Nc4ccc(C)c(C)c4)NC3=O)cc2C(C)=CC1(C)C. The van der Waals surface area contributed by atoms with Crippen LogP contribution in [-0.2, 0) is 4.79 Å². The number of thioether (sulfide) groups is 1. The third kappa shape index (κ3) is 4.14. The van der Waals surface area contributed by atoms with Crippen LogP contribution in [0.5, 0.6) is 0 Å². The molecule has 0 aromatic heterocycles. The van der Waals surface area contributed by atoms with Gasteiger partial charge in [-0.2, -0.15) is 0 Å². The Morgan fingerprint density at radius 1 is 1.06 bits per heavy atom. The molecule has 1 N–H and O–H groups in total. The molecule has 166 valence electrons. The molecule has 0 spiro atoms. The monoisotopic (exact) mass is 445 g/mol. The molecule has 0 bridgehead atoms. The highest BCUT2D eigenvalue weighted by Gasteiger charge is 2.31. The van der Waals surface area contributed by atoms with Gasteiger partial charge in [-0.05, 0) is 118 Å². The molecule has 2 aliphatic heterocycles. The van der Waals surface area contributed by atoms with Gasteiger partial charge in [-0.15, -0.1) is 0 Å². The van der Waals surface area contributed by atoms with Crippen LogP contribution in [-0.4, -0.2) is 23.2 Å². The molecule has 0 unspecified atom stereocenters. The Bertz CT molecular complexity index is 1200. The zero-order valence-electron chi connectivity index (χ0n) is 20.0. The number of hydrogen-bond acceptors (Lipinski definition) is 4. The lowest BCUT2D eigenvalue weighted by molar-refractivity contribution is -0.115. The van der Waals surface area contributed by atoms with Crippen molar-refractivity contribution in [1.29, 1.82) is 0 Å². The number of carbonyl (C=O) groups excluding carboxylic acids is 1. The molecule has 5 heteroatoms. The topological polar surface area (TPSA) is 44.7 Å². The van der Waals surface area contributed by atoms with E-state index >= 15 is 0 Å². The van der Waals surface area contributed by atoms with Crippen LogP contribution >= 0.6 is 11.8 Å². The van der Waals surface area contributed by atoms with Crippen LogP contribution in [0.25, 0.3) is 11.6 Å². The van der Waals surface area contributed by atoms with Gasteiger partial charge in [0.25, 0.3) is 5.91 Å². The second kappa shape index (κ2) is 8.28. The van der Waals surface area contributed by atoms with Gasteiger partial charge in [0.05, 0.1) is 16.1 Å². The highest BCUT2D eigenvalue weighted by atomic mass is 32.2. The summed E-state index contributed by atoms with van der Waals surface area (Å²) in [6.45, 7) is 16.1. The Morgan fingerprint density at radius 3 is 2.50 bits per heavy atom. The molecule has 2 heterocycles. The fraction of sp³-hybridized carbons (Fsp3) is 0.333. The van der Waals surface area contributed by atoms with Gasteiger partial charge in [0.1, 0.15) is 0 Å². The van der Waals surface area contributed by atoms with E-state index in [0.717, 1.165) is 23.4 Å². The normalized spacial score (nSPS) is 19.9. The standard InChI is InChI=1S/C27H31N3OS/c1-8-30-23-12-18(4)20(13-22(23)19(5)15-27(30,6)7)14-24-25(31)29-26(32-24)28-21-10-9-16(2)17(3)11-21/h9-15H,8H2,1-7H3,(H,28,29,31)/b24-14+. The molecule has 0 saturated carbocycles. The number of hydrogen-bond donors (Lipinski definition) is 1. The number of amidine groups is 1. The Hall–Kier alpha value is -2.79. The van der Waals surface area contributed by atoms with Gasteiger partial charge in [0.2, 0.25) is 0 Å². The molecular formula is C27H31N3OS. The molecule has 2 aromatic carbocycles. The van der Waals surface area contributed by atoms with Crippen molar-refractivity contribution in [2.75, 3.05) is 11.4 Å². The minimum Gasteiger partial charge on any atom is -0.363 e. The van der Waals surface area contributed by atoms with Crippen molar-refractivity contribution in [3.63, 3.8) is 0 Å². The van der Waals surface area contributed by atoms with E-state index in [-0.39, 0.29) is 11.4 Å². The number of anilines is 1. The number of nitrogens with one attached hydrogen (secondary N) is 1. The van der Waals surface area contributed by atoms with Crippen molar-refractivity contribution in [1.82, 2.24) is 5.32 Å². The molecule has 0 aliphatic carbocycles. The van der Waals surface area contributed by atoms with E-state index in [1.807, 2.05) is 18.2 Å². The summed E-state index contributed by atoms with van der Waals surface area (Å²) in [6, 6.07) is 10.5. The molecule has 1 amide bonds. The molecular weight excluding hydrogens is 414 g/mol. The second-order valence-electron chi connectivity index (χ2n) is 9.20. The van der Waals surface area contributed by atoms with Crippen molar-refractivity contribution >= 4 is 45.9 Å². The number of likely N-dealkylation sites (N-methyl/N-ethyl adjacent to an activating group) is 1. The van der Waals surface area contributed by atoms with E-state index in [2.05, 4.69) is 88.0 Å². The zero-order valence-corrected chi connectivity index (χ0v) is 20.8. The van der Waals surface area contributed by atoms with Gasteiger partial charge >= 0.3 is 0 Å². The van der Waals surface area contributed by atoms with E-state index in [9.17, 15) is 4.79 Å². The quantitative estimate of drug-likeness (QED) is 0.547. The lowest BCUT2D eigenvalue weighted by Gasteiger charge is -2.43. The van der Waals surface area contributed by atoms with Gasteiger partial charge in [0, 0.05) is 17.8 Å². The minimum atomic E-state index is -0.0988. The maximum Gasteiger partial charge on any atom is 0.264 e. The van der Waals surface area contributed by atoms with E-state index in [0.29, 0.717) is 10.1 Å². The molecule has 32 heavy (non-hydrogen) atoms. The van der Waals surface area contributed by atoms with Gasteiger partial charge in [-0.1, -0.05) is 12.1 Å². The molecule has 2 aliphatic rings. The first-order valence-corrected chi connectivity index (χ1v) is 11.9. The predicted octanol–water partition coefficient (Wildman–Crippen LogP) is 6.53. The number of rotatable bonds is 3. The Morgan fingerprint density at radius 2 is 1.81 bits per heavy atom. The predicted molar refractivity (Wildman–Crippen MR) is 139 cm³/mol. The average Bonchev–Trinajstić information content (AvgIpc) is 3.04. The van der Waals surface area contributed by atoms with Crippen LogP contribution in [0.1, 0.15) is 55.5 Å². The number of amides is 1. The number of aliphatic imine (C=N–C) groups is 1. The van der Waals surface area contributed by atoms with Gasteiger partial charge in [0.15, 0.2) is 5.17 Å². The third-order valence-electron chi connectivity index (χ3n) is 6.34. The van der Waals surface area contributed by atoms with Crippen molar-refractivity contribution in [2.45, 2.75) is 54.0 Å². The number of benzene rings is 2. The van der Waals surface area contributed by atoms with E-state index in [1.165, 1.54) is 39.7 Å². The van der Waals surface area contributed by atoms with E-state index in [4.69, 9.17) is 0 Å². The largest absolute Gasteiger partial charge is 0.363 e. The summed E-state index contributed by atoms with van der Waals surface area (Å²) in [7, 11) is 0. The Kier molecular flexibility index (Phi) is 5.80. The summed E-state index contributed by atoms with van der Waals surface area (Å²) < 4.78 is 0. The fourth-order valence-electron chi connectivity index (χ4n) is 4.51. The first-order chi connectivity index (χ1) is 15.1. The summed E-state index contributed by atoms with van der Waals surface area (Å²) in [6.07, 6.45) is 4.32. The number of fused-ring (bicyclic) bond motifs is 1. The van der Waals surface area contributed by atoms with Gasteiger partial charge < -0.3 is 10.2 Å². The van der Waals surface area contributed by atoms with Gasteiger partial charge in [-0.3, -0.25) is 4.79 Å². The first-order valence-electron chi connectivity index (χ1n) is 11.1. The molecule has 1 saturated heterocycles. The lowest BCUT2D eigenvalue weighted by Crippen LogP contribution is -2.44. The molecule has 0 atom stereocenters. The molecule has 2 aromatic rings. The zero-order chi connectivity index (χ0) is 23.2. The minimum absolute atomic E-state index is 0.0147. The van der Waals surface area contributed by atoms with Gasteiger partial charge in [-0.25, -0.2) is 4.99 Å². The third-order valence-corrected chi connectivity index (χ3v) is 7.25. The molecule has 4 nitrogen and oxygen atoms in total. The summed E-state index contributed by atoms with van der Waals surface area (Å²) in [5, 5.41) is 3.53. The number of nitrogens with zero attached hydrogens (tertiary/aromatic N) is 2. The maximum atomic E-state index is 12.6. The summed E-state index contributed by atoms with van der Waals surface area (Å²) >= 11 is 1.40. The van der Waals surface area contributed by atoms with Crippen molar-refractivity contribution in [3.05, 3.63) is 69.1 Å². The van der Waals surface area contributed by atoms with Crippen molar-refractivity contribution in [3.8, 4) is 0 Å². The summed E-state index contributed by atoms with van der Waals surface area (Å²) in [5.74, 6) is -0.0988. The van der Waals surface area contributed by atoms with Crippen LogP contribution in [0, 0.1) is 20.8 Å². The number of carbonyl (C=O) groups is 1. The fourth-order valence-corrected chi connectivity index (χ4v) is 5.34. The second-order valence-corrected chi connectivity index (χ2v) is 10.2. The first kappa shape index (κ1) is 22.4. The van der Waals surface area contributed by atoms with Crippen LogP contribution in [0.2, 0.25) is 0 Å². The van der Waals surface area contributed by atoms with Crippen LogP contribution < -0.4 is 10.2 Å². The molecule has 4 rings (SSSR count). The molecule has 0 radical (unpaired) electrons. The Labute approximate surface area is 195 Å². The van der Waals surface area contributed by atoms with Crippen LogP contribution in [0.4, 0.5) is 11.4 Å². The highest BCUT2D eigenvalue weighted by Crippen LogP contribution is 2.41. The highest BCUT2D eigenvalue weighted by molar-refractivity contribution is 8.18. The maximum absolute atomic E-state index is 12.6. The number of allylic oxidation sites excluding steroid dienone is 1. The number of aryl methyl sites for hydroxylation is 3.